The van der Waals surface area contributed by atoms with Gasteiger partial charge < -0.3 is 9.53 Å². The second-order valence-electron chi connectivity index (χ2n) is 5.29. The van der Waals surface area contributed by atoms with Crippen LogP contribution in [0.15, 0.2) is 24.3 Å². The third-order valence-electron chi connectivity index (χ3n) is 3.76. The predicted molar refractivity (Wildman–Crippen MR) is 96.6 cm³/mol. The molecule has 114 valence electrons. The average Bonchev–Trinajstić information content (AvgIpc) is 2.57. The lowest BCUT2D eigenvalue weighted by Crippen LogP contribution is -2.27. The molecule has 0 aliphatic carbocycles. The van der Waals surface area contributed by atoms with Crippen LogP contribution in [0.2, 0.25) is 0 Å². The van der Waals surface area contributed by atoms with Crippen molar-refractivity contribution < 1.29 is 9.53 Å². The van der Waals surface area contributed by atoms with Crippen LogP contribution in [0, 0.1) is 27.6 Å². The summed E-state index contributed by atoms with van der Waals surface area (Å²) >= 11 is 2.03. The average molecular weight is 406 g/mol. The van der Waals surface area contributed by atoms with E-state index in [9.17, 15) is 4.79 Å². The van der Waals surface area contributed by atoms with E-state index < -0.39 is 0 Å². The molecule has 0 N–H and O–H groups in total. The van der Waals surface area contributed by atoms with Crippen LogP contribution in [0.5, 0.6) is 0 Å². The van der Waals surface area contributed by atoms with Crippen LogP contribution in [0.1, 0.15) is 43.2 Å². The zero-order valence-corrected chi connectivity index (χ0v) is 14.6. The van der Waals surface area contributed by atoms with Crippen LogP contribution in [0.4, 0.5) is 0 Å². The van der Waals surface area contributed by atoms with Crippen LogP contribution in [0.3, 0.4) is 0 Å². The Hall–Kier alpha value is -1.30. The van der Waals surface area contributed by atoms with E-state index in [1.807, 2.05) is 46.9 Å². The molecule has 0 radical (unpaired) electrons. The van der Waals surface area contributed by atoms with E-state index in [-0.39, 0.29) is 12.0 Å². The van der Waals surface area contributed by atoms with E-state index in [0.717, 1.165) is 43.3 Å². The van der Waals surface area contributed by atoms with Gasteiger partial charge in [-0.2, -0.15) is 0 Å². The first-order valence-electron chi connectivity index (χ1n) is 7.62. The first-order valence-corrected chi connectivity index (χ1v) is 8.70. The minimum atomic E-state index is 0.117. The Morgan fingerprint density at radius 1 is 1.27 bits per heavy atom. The van der Waals surface area contributed by atoms with Gasteiger partial charge in [0.25, 0.3) is 0 Å². The molecule has 1 aromatic carbocycles. The van der Waals surface area contributed by atoms with E-state index in [1.54, 1.807) is 0 Å². The van der Waals surface area contributed by atoms with Crippen molar-refractivity contribution in [3.05, 3.63) is 35.4 Å². The number of ether oxygens (including phenoxy) is 1. The van der Waals surface area contributed by atoms with Crippen LogP contribution in [-0.2, 0) is 9.53 Å². The van der Waals surface area contributed by atoms with Gasteiger partial charge in [-0.05, 0) is 41.7 Å². The van der Waals surface area contributed by atoms with Crippen molar-refractivity contribution in [1.82, 2.24) is 0 Å². The van der Waals surface area contributed by atoms with Gasteiger partial charge in [-0.15, -0.1) is 0 Å². The topological polar surface area (TPSA) is 26.3 Å². The fourth-order valence-electron chi connectivity index (χ4n) is 2.60. The third-order valence-corrected chi connectivity index (χ3v) is 4.03. The summed E-state index contributed by atoms with van der Waals surface area (Å²) in [6.07, 6.45) is 5.76. The molecule has 0 aromatic heterocycles. The van der Waals surface area contributed by atoms with Crippen molar-refractivity contribution in [3.63, 3.8) is 0 Å². The lowest BCUT2D eigenvalue weighted by Gasteiger charge is -2.27. The van der Waals surface area contributed by atoms with Crippen molar-refractivity contribution in [2.75, 3.05) is 6.61 Å². The summed E-state index contributed by atoms with van der Waals surface area (Å²) in [7, 11) is 0. The highest BCUT2D eigenvalue weighted by Gasteiger charge is 2.22. The van der Waals surface area contributed by atoms with E-state index >= 15 is 0 Å². The first kappa shape index (κ1) is 17.1. The molecule has 0 saturated carbocycles. The first-order chi connectivity index (χ1) is 10.8. The molecule has 1 aromatic rings. The Balaban J connectivity index is 2.19. The summed E-state index contributed by atoms with van der Waals surface area (Å²) in [6.45, 7) is 0.806. The van der Waals surface area contributed by atoms with Gasteiger partial charge in [-0.3, -0.25) is 0 Å². The number of aldehydes is 1. The fraction of sp³-hybridized carbons (Fsp3) is 0.421. The summed E-state index contributed by atoms with van der Waals surface area (Å²) in [5, 5.41) is 0. The highest BCUT2D eigenvalue weighted by molar-refractivity contribution is 14.1. The molecule has 1 aliphatic heterocycles. The molecular formula is C19H19IO2. The van der Waals surface area contributed by atoms with Crippen molar-refractivity contribution in [2.45, 2.75) is 38.2 Å². The SMILES string of the molecule is O=CCCC(C#Cc1ccccc1C#CI)C1CCCCO1. The number of hydrogen-bond acceptors (Lipinski definition) is 2. The molecule has 0 amide bonds. The molecule has 2 atom stereocenters. The van der Waals surface area contributed by atoms with Gasteiger partial charge in [0.15, 0.2) is 0 Å². The van der Waals surface area contributed by atoms with Gasteiger partial charge in [0.1, 0.15) is 6.29 Å². The smallest absolute Gasteiger partial charge is 0.120 e. The molecule has 1 heterocycles. The van der Waals surface area contributed by atoms with Crippen molar-refractivity contribution in [2.24, 2.45) is 5.92 Å². The minimum absolute atomic E-state index is 0.117. The van der Waals surface area contributed by atoms with Gasteiger partial charge in [-0.1, -0.05) is 29.9 Å². The van der Waals surface area contributed by atoms with Crippen LogP contribution < -0.4 is 0 Å². The second kappa shape index (κ2) is 9.66. The van der Waals surface area contributed by atoms with E-state index in [0.29, 0.717) is 6.42 Å². The normalized spacial score (nSPS) is 18.3. The van der Waals surface area contributed by atoms with E-state index in [2.05, 4.69) is 21.7 Å². The van der Waals surface area contributed by atoms with E-state index in [1.165, 1.54) is 6.42 Å². The number of hydrogen-bond donors (Lipinski definition) is 0. The largest absolute Gasteiger partial charge is 0.377 e. The standard InChI is InChI=1S/C19H19IO2/c20-13-12-17-7-2-1-6-16(17)10-11-18(8-5-14-21)19-9-3-4-15-22-19/h1-2,6-7,14,18-19H,3-5,8-9,15H2. The van der Waals surface area contributed by atoms with Crippen LogP contribution >= 0.6 is 22.6 Å². The summed E-state index contributed by atoms with van der Waals surface area (Å²) in [4.78, 5) is 10.7. The Morgan fingerprint density at radius 2 is 2.05 bits per heavy atom. The Bertz CT molecular complexity index is 610. The zero-order chi connectivity index (χ0) is 15.6. The molecule has 2 unspecified atom stereocenters. The molecule has 3 heteroatoms. The van der Waals surface area contributed by atoms with Crippen molar-refractivity contribution in [1.29, 1.82) is 0 Å². The van der Waals surface area contributed by atoms with Gasteiger partial charge in [-0.25, -0.2) is 0 Å². The predicted octanol–water partition coefficient (Wildman–Crippen LogP) is 3.95. The molecular weight excluding hydrogens is 387 g/mol. The van der Waals surface area contributed by atoms with Gasteiger partial charge in [0.2, 0.25) is 0 Å². The van der Waals surface area contributed by atoms with Crippen LogP contribution in [-0.4, -0.2) is 19.0 Å². The van der Waals surface area contributed by atoms with Crippen molar-refractivity contribution in [3.8, 4) is 21.7 Å². The molecule has 2 rings (SSSR count). The molecule has 0 spiro atoms. The molecule has 1 saturated heterocycles. The molecule has 22 heavy (non-hydrogen) atoms. The monoisotopic (exact) mass is 406 g/mol. The molecule has 1 aliphatic rings. The summed E-state index contributed by atoms with van der Waals surface area (Å²) in [6, 6.07) is 7.91. The molecule has 1 fully saturated rings. The Labute approximate surface area is 146 Å². The van der Waals surface area contributed by atoms with Gasteiger partial charge >= 0.3 is 0 Å². The quantitative estimate of drug-likeness (QED) is 0.430. The number of carbonyl (C=O) groups excluding carboxylic acids is 1. The second-order valence-corrected chi connectivity index (χ2v) is 5.83. The molecule has 0 bridgehead atoms. The highest BCUT2D eigenvalue weighted by Crippen LogP contribution is 2.23. The summed E-state index contributed by atoms with van der Waals surface area (Å²) in [5.74, 6) is 9.77. The maximum atomic E-state index is 10.7. The fourth-order valence-corrected chi connectivity index (χ4v) is 2.89. The lowest BCUT2D eigenvalue weighted by molar-refractivity contribution is -0.108. The number of rotatable bonds is 4. The zero-order valence-electron chi connectivity index (χ0n) is 12.5. The van der Waals surface area contributed by atoms with E-state index in [4.69, 9.17) is 4.74 Å². The lowest BCUT2D eigenvalue weighted by atomic mass is 9.91. The third kappa shape index (κ3) is 5.16. The van der Waals surface area contributed by atoms with Gasteiger partial charge in [0.05, 0.1) is 6.10 Å². The Morgan fingerprint density at radius 3 is 2.68 bits per heavy atom. The Kier molecular flexibility index (Phi) is 7.49. The number of halogens is 1. The number of carbonyl (C=O) groups is 1. The number of benzene rings is 1. The summed E-state index contributed by atoms with van der Waals surface area (Å²) < 4.78 is 8.75. The minimum Gasteiger partial charge on any atom is -0.377 e. The summed E-state index contributed by atoms with van der Waals surface area (Å²) in [5.41, 5.74) is 1.89. The maximum absolute atomic E-state index is 10.7. The van der Waals surface area contributed by atoms with Crippen molar-refractivity contribution >= 4 is 28.9 Å². The van der Waals surface area contributed by atoms with Crippen LogP contribution in [0.25, 0.3) is 0 Å². The highest BCUT2D eigenvalue weighted by atomic mass is 127. The maximum Gasteiger partial charge on any atom is 0.120 e. The molecule has 2 nitrogen and oxygen atoms in total. The van der Waals surface area contributed by atoms with Gasteiger partial charge in [0, 0.05) is 52.7 Å².